The minimum absolute atomic E-state index is 0.206. The number of benzene rings is 1. The van der Waals surface area contributed by atoms with E-state index in [4.69, 9.17) is 5.73 Å². The Balaban J connectivity index is 2.24. The van der Waals surface area contributed by atoms with Crippen molar-refractivity contribution in [1.29, 1.82) is 0 Å². The molecule has 1 saturated heterocycles. The van der Waals surface area contributed by atoms with Crippen LogP contribution in [-0.4, -0.2) is 28.6 Å². The molecule has 118 valence electrons. The van der Waals surface area contributed by atoms with Gasteiger partial charge in [-0.15, -0.1) is 0 Å². The molecule has 21 heavy (non-hydrogen) atoms. The highest BCUT2D eigenvalue weighted by molar-refractivity contribution is 7.89. The lowest BCUT2D eigenvalue weighted by Crippen LogP contribution is -2.26. The average Bonchev–Trinajstić information content (AvgIpc) is 2.88. The number of nitrogens with one attached hydrogen (secondary N) is 1. The van der Waals surface area contributed by atoms with Gasteiger partial charge in [0.1, 0.15) is 0 Å². The molecule has 0 radical (unpaired) electrons. The third kappa shape index (κ3) is 3.32. The molecule has 1 aromatic rings. The van der Waals surface area contributed by atoms with Crippen molar-refractivity contribution in [2.24, 2.45) is 11.3 Å². The molecular weight excluding hydrogens is 286 g/mol. The number of nitrogen functional groups attached to an aromatic ring is 1. The number of hydrogen-bond donors (Lipinski definition) is 2. The van der Waals surface area contributed by atoms with Gasteiger partial charge in [-0.25, -0.2) is 13.1 Å². The van der Waals surface area contributed by atoms with E-state index >= 15 is 0 Å². The summed E-state index contributed by atoms with van der Waals surface area (Å²) in [5, 5.41) is 0. The summed E-state index contributed by atoms with van der Waals surface area (Å²) in [4.78, 5) is 2.46. The van der Waals surface area contributed by atoms with E-state index in [1.54, 1.807) is 6.07 Å². The predicted octanol–water partition coefficient (Wildman–Crippen LogP) is 2.05. The molecule has 0 spiro atoms. The van der Waals surface area contributed by atoms with Gasteiger partial charge in [-0.1, -0.05) is 20.8 Å². The molecule has 0 bridgehead atoms. The summed E-state index contributed by atoms with van der Waals surface area (Å²) in [6.07, 6.45) is 1.14. The minimum atomic E-state index is -3.44. The molecule has 0 saturated carbocycles. The normalized spacial score (nSPS) is 20.0. The van der Waals surface area contributed by atoms with Gasteiger partial charge in [0.2, 0.25) is 10.0 Å². The third-order valence-electron chi connectivity index (χ3n) is 4.33. The van der Waals surface area contributed by atoms with Gasteiger partial charge in [0.05, 0.1) is 16.3 Å². The first-order valence-corrected chi connectivity index (χ1v) is 8.71. The van der Waals surface area contributed by atoms with E-state index in [1.165, 1.54) is 13.1 Å². The zero-order valence-corrected chi connectivity index (χ0v) is 14.0. The number of hydrogen-bond acceptors (Lipinski definition) is 4. The van der Waals surface area contributed by atoms with Gasteiger partial charge in [0.15, 0.2) is 0 Å². The largest absolute Gasteiger partial charge is 0.397 e. The van der Waals surface area contributed by atoms with Crippen LogP contribution in [0.25, 0.3) is 0 Å². The zero-order chi connectivity index (χ0) is 15.8. The Bertz CT molecular complexity index is 620. The molecule has 1 aromatic carbocycles. The van der Waals surface area contributed by atoms with Crippen LogP contribution in [0, 0.1) is 11.3 Å². The van der Waals surface area contributed by atoms with E-state index in [0.29, 0.717) is 11.6 Å². The fourth-order valence-electron chi connectivity index (χ4n) is 2.79. The van der Waals surface area contributed by atoms with Crippen molar-refractivity contribution >= 4 is 21.4 Å². The fourth-order valence-corrected chi connectivity index (χ4v) is 3.56. The van der Waals surface area contributed by atoms with E-state index < -0.39 is 10.0 Å². The van der Waals surface area contributed by atoms with Crippen molar-refractivity contribution < 1.29 is 8.42 Å². The highest BCUT2D eigenvalue weighted by atomic mass is 32.2. The van der Waals surface area contributed by atoms with Crippen molar-refractivity contribution in [3.63, 3.8) is 0 Å². The van der Waals surface area contributed by atoms with Gasteiger partial charge in [0, 0.05) is 13.1 Å². The maximum Gasteiger partial charge on any atom is 0.240 e. The van der Waals surface area contributed by atoms with Crippen LogP contribution >= 0.6 is 0 Å². The number of anilines is 2. The second-order valence-electron chi connectivity index (χ2n) is 6.73. The van der Waals surface area contributed by atoms with Gasteiger partial charge in [-0.2, -0.15) is 0 Å². The molecule has 3 N–H and O–H groups in total. The number of nitrogens with two attached hydrogens (primary N) is 1. The van der Waals surface area contributed by atoms with Crippen LogP contribution in [-0.2, 0) is 10.0 Å². The van der Waals surface area contributed by atoms with Crippen molar-refractivity contribution in [2.75, 3.05) is 30.8 Å². The summed E-state index contributed by atoms with van der Waals surface area (Å²) >= 11 is 0. The van der Waals surface area contributed by atoms with E-state index in [-0.39, 0.29) is 10.3 Å². The topological polar surface area (TPSA) is 75.4 Å². The first kappa shape index (κ1) is 16.1. The van der Waals surface area contributed by atoms with Gasteiger partial charge in [-0.3, -0.25) is 0 Å². The molecule has 1 aliphatic heterocycles. The number of nitrogens with zero attached hydrogens (tertiary/aromatic N) is 1. The fraction of sp³-hybridized carbons (Fsp3) is 0.600. The molecule has 6 heteroatoms. The van der Waals surface area contributed by atoms with Crippen molar-refractivity contribution in [1.82, 2.24) is 4.72 Å². The molecular formula is C15H25N3O2S. The maximum absolute atomic E-state index is 11.8. The monoisotopic (exact) mass is 311 g/mol. The molecule has 1 fully saturated rings. The molecule has 5 nitrogen and oxygen atoms in total. The van der Waals surface area contributed by atoms with Crippen LogP contribution in [0.2, 0.25) is 0 Å². The molecule has 1 heterocycles. The SMILES string of the molecule is CNS(=O)(=O)c1ccc(N2CCC(C(C)(C)C)C2)c(N)c1. The van der Waals surface area contributed by atoms with E-state index in [9.17, 15) is 8.42 Å². The maximum atomic E-state index is 11.8. The van der Waals surface area contributed by atoms with Crippen LogP contribution in [0.15, 0.2) is 23.1 Å². The summed E-state index contributed by atoms with van der Waals surface area (Å²) in [5.74, 6) is 0.623. The summed E-state index contributed by atoms with van der Waals surface area (Å²) in [6.45, 7) is 8.70. The lowest BCUT2D eigenvalue weighted by Gasteiger charge is -2.28. The van der Waals surface area contributed by atoms with Crippen molar-refractivity contribution in [3.8, 4) is 0 Å². The zero-order valence-electron chi connectivity index (χ0n) is 13.2. The summed E-state index contributed by atoms with van der Waals surface area (Å²) in [7, 11) is -2.05. The Morgan fingerprint density at radius 2 is 2.00 bits per heavy atom. The quantitative estimate of drug-likeness (QED) is 0.838. The highest BCUT2D eigenvalue weighted by Gasteiger charge is 2.32. The molecule has 1 aliphatic rings. The molecule has 2 rings (SSSR count). The number of sulfonamides is 1. The summed E-state index contributed by atoms with van der Waals surface area (Å²) < 4.78 is 25.9. The second-order valence-corrected chi connectivity index (χ2v) is 8.61. The smallest absolute Gasteiger partial charge is 0.240 e. The van der Waals surface area contributed by atoms with E-state index in [2.05, 4.69) is 30.4 Å². The Kier molecular flexibility index (Phi) is 4.22. The molecule has 0 aromatic heterocycles. The van der Waals surface area contributed by atoms with Gasteiger partial charge in [0.25, 0.3) is 0 Å². The molecule has 0 amide bonds. The molecule has 1 unspecified atom stereocenters. The first-order chi connectivity index (χ1) is 9.65. The standard InChI is InChI=1S/C15H25N3O2S/c1-15(2,3)11-7-8-18(10-11)14-6-5-12(9-13(14)16)21(19,20)17-4/h5-6,9,11,17H,7-8,10,16H2,1-4H3. The average molecular weight is 311 g/mol. The van der Waals surface area contributed by atoms with Gasteiger partial charge in [-0.05, 0) is 43.0 Å². The first-order valence-electron chi connectivity index (χ1n) is 7.23. The third-order valence-corrected chi connectivity index (χ3v) is 5.74. The van der Waals surface area contributed by atoms with Crippen LogP contribution in [0.5, 0.6) is 0 Å². The Morgan fingerprint density at radius 3 is 2.48 bits per heavy atom. The number of rotatable bonds is 3. The van der Waals surface area contributed by atoms with E-state index in [0.717, 1.165) is 25.2 Å². The predicted molar refractivity (Wildman–Crippen MR) is 86.9 cm³/mol. The van der Waals surface area contributed by atoms with Crippen LogP contribution in [0.1, 0.15) is 27.2 Å². The minimum Gasteiger partial charge on any atom is -0.397 e. The molecule has 1 atom stereocenters. The van der Waals surface area contributed by atoms with Crippen molar-refractivity contribution in [3.05, 3.63) is 18.2 Å². The Labute approximate surface area is 127 Å². The highest BCUT2D eigenvalue weighted by Crippen LogP contribution is 2.37. The lowest BCUT2D eigenvalue weighted by molar-refractivity contribution is 0.263. The summed E-state index contributed by atoms with van der Waals surface area (Å²) in [5.41, 5.74) is 7.79. The lowest BCUT2D eigenvalue weighted by atomic mass is 9.80. The van der Waals surface area contributed by atoms with Crippen molar-refractivity contribution in [2.45, 2.75) is 32.1 Å². The Hall–Kier alpha value is -1.27. The van der Waals surface area contributed by atoms with Crippen LogP contribution in [0.3, 0.4) is 0 Å². The summed E-state index contributed by atoms with van der Waals surface area (Å²) in [6, 6.07) is 4.96. The van der Waals surface area contributed by atoms with Gasteiger partial charge >= 0.3 is 0 Å². The van der Waals surface area contributed by atoms with Crippen LogP contribution in [0.4, 0.5) is 11.4 Å². The van der Waals surface area contributed by atoms with E-state index in [1.807, 2.05) is 6.07 Å². The van der Waals surface area contributed by atoms with Gasteiger partial charge < -0.3 is 10.6 Å². The Morgan fingerprint density at radius 1 is 1.33 bits per heavy atom. The van der Waals surface area contributed by atoms with Crippen LogP contribution < -0.4 is 15.4 Å². The molecule has 0 aliphatic carbocycles. The second kappa shape index (κ2) is 5.50.